The van der Waals surface area contributed by atoms with E-state index in [1.807, 2.05) is 0 Å². The van der Waals surface area contributed by atoms with Gasteiger partial charge in [0.15, 0.2) is 12.4 Å². The predicted octanol–water partition coefficient (Wildman–Crippen LogP) is 4.97. The van der Waals surface area contributed by atoms with Crippen LogP contribution in [0.5, 0.6) is 5.75 Å². The third-order valence-corrected chi connectivity index (χ3v) is 3.95. The van der Waals surface area contributed by atoms with Gasteiger partial charge in [-0.3, -0.25) is 4.79 Å². The Bertz CT molecular complexity index is 457. The molecule has 1 aromatic rings. The lowest BCUT2D eigenvalue weighted by Gasteiger charge is -2.15. The Labute approximate surface area is 140 Å². The molecule has 0 aliphatic rings. The summed E-state index contributed by atoms with van der Waals surface area (Å²) >= 11 is 17.8. The van der Waals surface area contributed by atoms with E-state index in [4.69, 9.17) is 39.5 Å². The minimum atomic E-state index is -0.188. The van der Waals surface area contributed by atoms with Crippen LogP contribution in [0.25, 0.3) is 0 Å². The number of carbonyl (C=O) groups excluding carboxylic acids is 1. The average Bonchev–Trinajstić information content (AvgIpc) is 2.42. The Morgan fingerprint density at radius 2 is 1.86 bits per heavy atom. The van der Waals surface area contributed by atoms with Gasteiger partial charge in [-0.25, -0.2) is 0 Å². The van der Waals surface area contributed by atoms with E-state index in [-0.39, 0.29) is 28.3 Å². The monoisotopic (exact) mass is 351 g/mol. The fourth-order valence-corrected chi connectivity index (χ4v) is 2.90. The second-order valence-electron chi connectivity index (χ2n) is 4.85. The zero-order valence-corrected chi connectivity index (χ0v) is 14.5. The lowest BCUT2D eigenvalue weighted by atomic mass is 10.0. The van der Waals surface area contributed by atoms with Gasteiger partial charge in [0, 0.05) is 11.6 Å². The molecule has 0 heterocycles. The Hall–Kier alpha value is -0.640. The van der Waals surface area contributed by atoms with Gasteiger partial charge in [0.05, 0.1) is 10.0 Å². The number of carbonyl (C=O) groups is 1. The van der Waals surface area contributed by atoms with Crippen LogP contribution < -0.4 is 10.1 Å². The van der Waals surface area contributed by atoms with Crippen molar-refractivity contribution in [2.75, 3.05) is 13.2 Å². The van der Waals surface area contributed by atoms with E-state index in [0.717, 1.165) is 19.3 Å². The summed E-state index contributed by atoms with van der Waals surface area (Å²) in [4.78, 5) is 11.8. The molecular formula is C15H20Cl3NO2. The summed E-state index contributed by atoms with van der Waals surface area (Å²) in [6.45, 7) is 4.80. The lowest BCUT2D eigenvalue weighted by molar-refractivity contribution is -0.123. The van der Waals surface area contributed by atoms with Crippen LogP contribution in [0.15, 0.2) is 12.1 Å². The second kappa shape index (κ2) is 9.39. The number of halogens is 3. The fraction of sp³-hybridized carbons (Fsp3) is 0.533. The number of rotatable bonds is 8. The standard InChI is InChI=1S/C15H20Cl3NO2/c1-3-5-10(4-2)8-19-14(20)9-21-15-12(17)6-11(16)7-13(15)18/h6-7,10H,3-5,8-9H2,1-2H3,(H,19,20)/t10-/m1/s1. The molecule has 0 saturated heterocycles. The van der Waals surface area contributed by atoms with Crippen LogP contribution in [0, 0.1) is 5.92 Å². The van der Waals surface area contributed by atoms with Crippen LogP contribution in [-0.4, -0.2) is 19.1 Å². The summed E-state index contributed by atoms with van der Waals surface area (Å²) in [5, 5.41) is 3.87. The average molecular weight is 353 g/mol. The molecule has 118 valence electrons. The van der Waals surface area contributed by atoms with Gasteiger partial charge in [0.1, 0.15) is 0 Å². The first kappa shape index (κ1) is 18.4. The normalized spacial score (nSPS) is 12.0. The quantitative estimate of drug-likeness (QED) is 0.717. The van der Waals surface area contributed by atoms with Crippen molar-refractivity contribution in [1.82, 2.24) is 5.32 Å². The molecule has 6 heteroatoms. The Kier molecular flexibility index (Phi) is 8.23. The number of benzene rings is 1. The van der Waals surface area contributed by atoms with Gasteiger partial charge in [-0.2, -0.15) is 0 Å². The SMILES string of the molecule is CCC[C@@H](CC)CNC(=O)COc1c(Cl)cc(Cl)cc1Cl. The van der Waals surface area contributed by atoms with E-state index in [0.29, 0.717) is 17.5 Å². The van der Waals surface area contributed by atoms with Crippen molar-refractivity contribution >= 4 is 40.7 Å². The molecule has 3 nitrogen and oxygen atoms in total. The van der Waals surface area contributed by atoms with E-state index in [1.165, 1.54) is 12.1 Å². The number of amides is 1. The predicted molar refractivity (Wildman–Crippen MR) is 88.7 cm³/mol. The summed E-state index contributed by atoms with van der Waals surface area (Å²) in [5.41, 5.74) is 0. The Morgan fingerprint density at radius 3 is 2.38 bits per heavy atom. The van der Waals surface area contributed by atoms with E-state index in [2.05, 4.69) is 19.2 Å². The molecule has 1 atom stereocenters. The molecule has 0 aliphatic heterocycles. The molecular weight excluding hydrogens is 333 g/mol. The third kappa shape index (κ3) is 6.33. The van der Waals surface area contributed by atoms with Crippen LogP contribution in [0.1, 0.15) is 33.1 Å². The first-order valence-electron chi connectivity index (χ1n) is 7.01. The highest BCUT2D eigenvalue weighted by Gasteiger charge is 2.12. The minimum absolute atomic E-state index is 0.121. The van der Waals surface area contributed by atoms with Gasteiger partial charge in [-0.1, -0.05) is 61.5 Å². The third-order valence-electron chi connectivity index (χ3n) is 3.17. The van der Waals surface area contributed by atoms with E-state index >= 15 is 0 Å². The first-order chi connectivity index (χ1) is 9.97. The highest BCUT2D eigenvalue weighted by molar-refractivity contribution is 6.40. The maximum Gasteiger partial charge on any atom is 0.257 e. The van der Waals surface area contributed by atoms with Gasteiger partial charge in [0.2, 0.25) is 0 Å². The maximum atomic E-state index is 11.8. The smallest absolute Gasteiger partial charge is 0.257 e. The van der Waals surface area contributed by atoms with Gasteiger partial charge < -0.3 is 10.1 Å². The minimum Gasteiger partial charge on any atom is -0.481 e. The molecule has 0 spiro atoms. The van der Waals surface area contributed by atoms with Gasteiger partial charge in [-0.05, 0) is 24.5 Å². The van der Waals surface area contributed by atoms with Gasteiger partial charge in [0.25, 0.3) is 5.91 Å². The molecule has 0 aromatic heterocycles. The van der Waals surface area contributed by atoms with Crippen LogP contribution in [-0.2, 0) is 4.79 Å². The van der Waals surface area contributed by atoms with Crippen molar-refractivity contribution in [2.24, 2.45) is 5.92 Å². The van der Waals surface area contributed by atoms with Crippen molar-refractivity contribution in [3.8, 4) is 5.75 Å². The fourth-order valence-electron chi connectivity index (χ4n) is 1.97. The van der Waals surface area contributed by atoms with Gasteiger partial charge in [-0.15, -0.1) is 0 Å². The molecule has 1 N–H and O–H groups in total. The van der Waals surface area contributed by atoms with Crippen LogP contribution in [0.2, 0.25) is 15.1 Å². The molecule has 0 bridgehead atoms. The molecule has 1 aromatic carbocycles. The zero-order valence-electron chi connectivity index (χ0n) is 12.2. The Balaban J connectivity index is 2.47. The topological polar surface area (TPSA) is 38.3 Å². The van der Waals surface area contributed by atoms with Crippen LogP contribution in [0.4, 0.5) is 0 Å². The lowest BCUT2D eigenvalue weighted by Crippen LogP contribution is -2.33. The molecule has 0 radical (unpaired) electrons. The molecule has 0 saturated carbocycles. The zero-order chi connectivity index (χ0) is 15.8. The number of hydrogen-bond acceptors (Lipinski definition) is 2. The maximum absolute atomic E-state index is 11.8. The molecule has 21 heavy (non-hydrogen) atoms. The summed E-state index contributed by atoms with van der Waals surface area (Å²) in [7, 11) is 0. The van der Waals surface area contributed by atoms with Gasteiger partial charge >= 0.3 is 0 Å². The number of nitrogens with one attached hydrogen (secondary N) is 1. The van der Waals surface area contributed by atoms with Crippen LogP contribution in [0.3, 0.4) is 0 Å². The summed E-state index contributed by atoms with van der Waals surface area (Å²) in [5.74, 6) is 0.590. The summed E-state index contributed by atoms with van der Waals surface area (Å²) in [6.07, 6.45) is 3.26. The van der Waals surface area contributed by atoms with E-state index in [9.17, 15) is 4.79 Å². The van der Waals surface area contributed by atoms with E-state index in [1.54, 1.807) is 0 Å². The van der Waals surface area contributed by atoms with Crippen molar-refractivity contribution in [1.29, 1.82) is 0 Å². The number of hydrogen-bond donors (Lipinski definition) is 1. The molecule has 0 fully saturated rings. The van der Waals surface area contributed by atoms with E-state index < -0.39 is 0 Å². The largest absolute Gasteiger partial charge is 0.481 e. The summed E-state index contributed by atoms with van der Waals surface area (Å²) < 4.78 is 5.38. The molecule has 1 rings (SSSR count). The Morgan fingerprint density at radius 1 is 1.24 bits per heavy atom. The first-order valence-corrected chi connectivity index (χ1v) is 8.15. The van der Waals surface area contributed by atoms with Crippen molar-refractivity contribution in [3.05, 3.63) is 27.2 Å². The number of ether oxygens (including phenoxy) is 1. The highest BCUT2D eigenvalue weighted by atomic mass is 35.5. The molecule has 1 amide bonds. The van der Waals surface area contributed by atoms with Crippen molar-refractivity contribution in [3.63, 3.8) is 0 Å². The van der Waals surface area contributed by atoms with Crippen molar-refractivity contribution in [2.45, 2.75) is 33.1 Å². The van der Waals surface area contributed by atoms with Crippen LogP contribution >= 0.6 is 34.8 Å². The highest BCUT2D eigenvalue weighted by Crippen LogP contribution is 2.35. The summed E-state index contributed by atoms with van der Waals surface area (Å²) in [6, 6.07) is 3.05. The second-order valence-corrected chi connectivity index (χ2v) is 6.11. The van der Waals surface area contributed by atoms with Crippen molar-refractivity contribution < 1.29 is 9.53 Å². The molecule has 0 unspecified atom stereocenters. The molecule has 0 aliphatic carbocycles.